The number of esters is 1. The summed E-state index contributed by atoms with van der Waals surface area (Å²) in [6.07, 6.45) is 3.34. The Morgan fingerprint density at radius 3 is 2.09 bits per heavy atom. The molecule has 2 aromatic rings. The van der Waals surface area contributed by atoms with Crippen LogP contribution in [0.1, 0.15) is 24.5 Å². The number of rotatable bonds is 5. The van der Waals surface area contributed by atoms with Gasteiger partial charge >= 0.3 is 5.97 Å². The highest BCUT2D eigenvalue weighted by Crippen LogP contribution is 2.21. The van der Waals surface area contributed by atoms with Gasteiger partial charge in [-0.2, -0.15) is 0 Å². The van der Waals surface area contributed by atoms with E-state index in [2.05, 4.69) is 60.2 Å². The number of aryl methyl sites for hydroxylation is 2. The lowest BCUT2D eigenvalue weighted by atomic mass is 10.00. The first-order valence-electron chi connectivity index (χ1n) is 7.49. The molecule has 0 aromatic heterocycles. The van der Waals surface area contributed by atoms with Crippen LogP contribution in [0, 0.1) is 6.92 Å². The third kappa shape index (κ3) is 4.59. The van der Waals surface area contributed by atoms with Gasteiger partial charge in [0.15, 0.2) is 0 Å². The van der Waals surface area contributed by atoms with E-state index in [-0.39, 0.29) is 5.97 Å². The maximum absolute atomic E-state index is 11.2. The zero-order valence-electron chi connectivity index (χ0n) is 13.4. The van der Waals surface area contributed by atoms with Gasteiger partial charge in [-0.1, -0.05) is 59.7 Å². The van der Waals surface area contributed by atoms with Gasteiger partial charge in [0.2, 0.25) is 0 Å². The Hall–Kier alpha value is -2.35. The first-order chi connectivity index (χ1) is 10.6. The van der Waals surface area contributed by atoms with Crippen molar-refractivity contribution in [3.8, 4) is 11.1 Å². The fourth-order valence-electron chi connectivity index (χ4n) is 2.28. The predicted octanol–water partition coefficient (Wildman–Crippen LogP) is 4.71. The molecule has 0 saturated heterocycles. The van der Waals surface area contributed by atoms with Gasteiger partial charge in [0.05, 0.1) is 7.11 Å². The largest absolute Gasteiger partial charge is 0.466 e. The molecule has 0 aliphatic carbocycles. The minimum Gasteiger partial charge on any atom is -0.466 e. The third-order valence-electron chi connectivity index (χ3n) is 3.71. The Morgan fingerprint density at radius 1 is 1.00 bits per heavy atom. The molecular weight excluding hydrogens is 272 g/mol. The van der Waals surface area contributed by atoms with E-state index in [1.165, 1.54) is 29.4 Å². The molecule has 0 unspecified atom stereocenters. The summed E-state index contributed by atoms with van der Waals surface area (Å²) < 4.78 is 4.63. The summed E-state index contributed by atoms with van der Waals surface area (Å²) >= 11 is 0. The van der Waals surface area contributed by atoms with E-state index in [1.54, 1.807) is 6.08 Å². The minimum absolute atomic E-state index is 0.285. The third-order valence-corrected chi connectivity index (χ3v) is 3.71. The molecule has 22 heavy (non-hydrogen) atoms. The van der Waals surface area contributed by atoms with Crippen molar-refractivity contribution >= 4 is 5.97 Å². The van der Waals surface area contributed by atoms with E-state index in [1.807, 2.05) is 6.92 Å². The van der Waals surface area contributed by atoms with Gasteiger partial charge in [0.25, 0.3) is 0 Å². The Kier molecular flexibility index (Phi) is 5.54. The van der Waals surface area contributed by atoms with E-state index >= 15 is 0 Å². The van der Waals surface area contributed by atoms with Crippen molar-refractivity contribution in [2.45, 2.75) is 26.7 Å². The molecule has 0 aliphatic heterocycles. The second-order valence-electron chi connectivity index (χ2n) is 5.58. The van der Waals surface area contributed by atoms with Crippen LogP contribution >= 0.6 is 0 Å². The van der Waals surface area contributed by atoms with Gasteiger partial charge in [-0.25, -0.2) is 4.79 Å². The first-order valence-corrected chi connectivity index (χ1v) is 7.49. The average Bonchev–Trinajstić information content (AvgIpc) is 2.54. The molecule has 2 rings (SSSR count). The summed E-state index contributed by atoms with van der Waals surface area (Å²) in [4.78, 5) is 11.2. The standard InChI is InChI=1S/C20H22O2/c1-15-5-10-18(11-6-15)19-12-8-17(9-13-19)7-4-16(2)14-20(21)22-3/h5-6,8-14H,4,7H2,1-3H3/b16-14+. The zero-order valence-corrected chi connectivity index (χ0v) is 13.4. The minimum atomic E-state index is -0.285. The summed E-state index contributed by atoms with van der Waals surface area (Å²) in [5.74, 6) is -0.285. The molecule has 2 aromatic carbocycles. The van der Waals surface area contributed by atoms with Crippen LogP contribution in [0.25, 0.3) is 11.1 Å². The lowest BCUT2D eigenvalue weighted by Gasteiger charge is -2.06. The maximum atomic E-state index is 11.2. The molecule has 0 saturated carbocycles. The smallest absolute Gasteiger partial charge is 0.330 e. The number of hydrogen-bond acceptors (Lipinski definition) is 2. The summed E-state index contributed by atoms with van der Waals surface area (Å²) in [5.41, 5.74) is 6.04. The number of hydrogen-bond donors (Lipinski definition) is 0. The average molecular weight is 294 g/mol. The first kappa shape index (κ1) is 16.0. The lowest BCUT2D eigenvalue weighted by Crippen LogP contribution is -1.96. The Bertz CT molecular complexity index is 649. The van der Waals surface area contributed by atoms with Crippen LogP contribution in [0.3, 0.4) is 0 Å². The molecule has 114 valence electrons. The molecule has 0 heterocycles. The molecule has 0 amide bonds. The predicted molar refractivity (Wildman–Crippen MR) is 90.7 cm³/mol. The molecule has 0 radical (unpaired) electrons. The molecule has 0 spiro atoms. The van der Waals surface area contributed by atoms with Gasteiger partial charge < -0.3 is 4.74 Å². The number of ether oxygens (including phenoxy) is 1. The van der Waals surface area contributed by atoms with Gasteiger partial charge in [-0.05, 0) is 43.4 Å². The van der Waals surface area contributed by atoms with Gasteiger partial charge in [-0.3, -0.25) is 0 Å². The summed E-state index contributed by atoms with van der Waals surface area (Å²) in [5, 5.41) is 0. The molecule has 2 nitrogen and oxygen atoms in total. The molecule has 0 bridgehead atoms. The van der Waals surface area contributed by atoms with Crippen LogP contribution in [-0.2, 0) is 16.0 Å². The quantitative estimate of drug-likeness (QED) is 0.589. The van der Waals surface area contributed by atoms with E-state index < -0.39 is 0 Å². The molecular formula is C20H22O2. The second-order valence-corrected chi connectivity index (χ2v) is 5.58. The fourth-order valence-corrected chi connectivity index (χ4v) is 2.28. The van der Waals surface area contributed by atoms with Gasteiger partial charge in [0, 0.05) is 6.08 Å². The van der Waals surface area contributed by atoms with Crippen LogP contribution in [0.5, 0.6) is 0 Å². The van der Waals surface area contributed by atoms with E-state index in [0.717, 1.165) is 18.4 Å². The van der Waals surface area contributed by atoms with E-state index in [4.69, 9.17) is 0 Å². The van der Waals surface area contributed by atoms with E-state index in [0.29, 0.717) is 0 Å². The molecule has 0 N–H and O–H groups in total. The number of carbonyl (C=O) groups is 1. The van der Waals surface area contributed by atoms with Crippen LogP contribution in [0.15, 0.2) is 60.2 Å². The number of allylic oxidation sites excluding steroid dienone is 1. The highest BCUT2D eigenvalue weighted by Gasteiger charge is 2.01. The van der Waals surface area contributed by atoms with Crippen LogP contribution in [-0.4, -0.2) is 13.1 Å². The topological polar surface area (TPSA) is 26.3 Å². The summed E-state index contributed by atoms with van der Waals surface area (Å²) in [6, 6.07) is 17.2. The van der Waals surface area contributed by atoms with E-state index in [9.17, 15) is 4.79 Å². The normalized spacial score (nSPS) is 11.3. The summed E-state index contributed by atoms with van der Waals surface area (Å²) in [7, 11) is 1.40. The second kappa shape index (κ2) is 7.60. The molecule has 0 fully saturated rings. The van der Waals surface area contributed by atoms with Crippen molar-refractivity contribution in [3.05, 3.63) is 71.3 Å². The van der Waals surface area contributed by atoms with Crippen molar-refractivity contribution in [1.29, 1.82) is 0 Å². The van der Waals surface area contributed by atoms with Crippen molar-refractivity contribution in [2.75, 3.05) is 7.11 Å². The molecule has 0 atom stereocenters. The zero-order chi connectivity index (χ0) is 15.9. The molecule has 0 aliphatic rings. The van der Waals surface area contributed by atoms with Crippen molar-refractivity contribution in [3.63, 3.8) is 0 Å². The maximum Gasteiger partial charge on any atom is 0.330 e. The van der Waals surface area contributed by atoms with Crippen molar-refractivity contribution in [2.24, 2.45) is 0 Å². The van der Waals surface area contributed by atoms with Crippen molar-refractivity contribution in [1.82, 2.24) is 0 Å². The van der Waals surface area contributed by atoms with Crippen LogP contribution in [0.2, 0.25) is 0 Å². The van der Waals surface area contributed by atoms with Crippen molar-refractivity contribution < 1.29 is 9.53 Å². The van der Waals surface area contributed by atoms with Crippen LogP contribution < -0.4 is 0 Å². The Balaban J connectivity index is 1.99. The van der Waals surface area contributed by atoms with Crippen LogP contribution in [0.4, 0.5) is 0 Å². The van der Waals surface area contributed by atoms with Gasteiger partial charge in [0.1, 0.15) is 0 Å². The Morgan fingerprint density at radius 2 is 1.55 bits per heavy atom. The number of methoxy groups -OCH3 is 1. The number of benzene rings is 2. The molecule has 2 heteroatoms. The lowest BCUT2D eigenvalue weighted by molar-refractivity contribution is -0.134. The Labute approximate surface area is 132 Å². The fraction of sp³-hybridized carbons (Fsp3) is 0.250. The number of carbonyl (C=O) groups excluding carboxylic acids is 1. The monoisotopic (exact) mass is 294 g/mol. The van der Waals surface area contributed by atoms with Gasteiger partial charge in [-0.15, -0.1) is 0 Å². The highest BCUT2D eigenvalue weighted by atomic mass is 16.5. The SMILES string of the molecule is COC(=O)/C=C(\C)CCc1ccc(-c2ccc(C)cc2)cc1. The summed E-state index contributed by atoms with van der Waals surface area (Å²) in [6.45, 7) is 4.05. The highest BCUT2D eigenvalue weighted by molar-refractivity contribution is 5.82.